The second kappa shape index (κ2) is 14.0. The zero-order chi connectivity index (χ0) is 29.4. The van der Waals surface area contributed by atoms with Gasteiger partial charge in [-0.2, -0.15) is 0 Å². The second-order valence-electron chi connectivity index (χ2n) is 10.7. The number of ether oxygens (including phenoxy) is 1. The number of carboxylic acid groups (broad SMARTS) is 1. The highest BCUT2D eigenvalue weighted by Gasteiger charge is 2.17. The molecular formula is C36H42N2O3. The van der Waals surface area contributed by atoms with E-state index in [1.807, 2.05) is 0 Å². The van der Waals surface area contributed by atoms with Gasteiger partial charge in [0.1, 0.15) is 12.4 Å². The fourth-order valence-corrected chi connectivity index (χ4v) is 5.27. The second-order valence-corrected chi connectivity index (χ2v) is 10.7. The predicted molar refractivity (Wildman–Crippen MR) is 171 cm³/mol. The number of aromatic carboxylic acids is 1. The maximum Gasteiger partial charge on any atom is 0.335 e. The van der Waals surface area contributed by atoms with Crippen LogP contribution in [0.25, 0.3) is 11.8 Å². The van der Waals surface area contributed by atoms with E-state index in [1.54, 1.807) is 18.2 Å². The first-order valence-corrected chi connectivity index (χ1v) is 14.7. The molecule has 1 aliphatic rings. The molecule has 0 spiro atoms. The van der Waals surface area contributed by atoms with Gasteiger partial charge >= 0.3 is 5.97 Å². The summed E-state index contributed by atoms with van der Waals surface area (Å²) in [6, 6.07) is 23.1. The third-order valence-electron chi connectivity index (χ3n) is 8.09. The zero-order valence-corrected chi connectivity index (χ0v) is 24.8. The molecule has 0 amide bonds. The molecule has 1 heterocycles. The number of anilines is 1. The minimum Gasteiger partial charge on any atom is -0.487 e. The average molecular weight is 551 g/mol. The molecule has 3 aromatic rings. The molecule has 0 aromatic heterocycles. The van der Waals surface area contributed by atoms with Crippen molar-refractivity contribution < 1.29 is 14.6 Å². The Labute approximate surface area is 244 Å². The Bertz CT molecular complexity index is 1400. The van der Waals surface area contributed by atoms with Crippen molar-refractivity contribution in [2.75, 3.05) is 11.5 Å². The van der Waals surface area contributed by atoms with Crippen molar-refractivity contribution in [3.63, 3.8) is 0 Å². The molecule has 0 saturated carbocycles. The van der Waals surface area contributed by atoms with Gasteiger partial charge < -0.3 is 14.7 Å². The van der Waals surface area contributed by atoms with Crippen molar-refractivity contribution in [2.45, 2.75) is 71.9 Å². The Morgan fingerprint density at radius 2 is 1.73 bits per heavy atom. The number of rotatable bonds is 14. The molecule has 0 fully saturated rings. The van der Waals surface area contributed by atoms with E-state index in [-0.39, 0.29) is 5.56 Å². The van der Waals surface area contributed by atoms with Gasteiger partial charge in [-0.05, 0) is 73.1 Å². The summed E-state index contributed by atoms with van der Waals surface area (Å²) in [6.07, 6.45) is 7.89. The molecule has 5 nitrogen and oxygen atoms in total. The summed E-state index contributed by atoms with van der Waals surface area (Å²) in [5.74, 6) is 0.135. The molecule has 41 heavy (non-hydrogen) atoms. The zero-order valence-electron chi connectivity index (χ0n) is 24.8. The molecule has 1 aliphatic heterocycles. The van der Waals surface area contributed by atoms with Gasteiger partial charge in [0, 0.05) is 30.3 Å². The number of allylic oxidation sites excluding steroid dienone is 1. The van der Waals surface area contributed by atoms with Crippen LogP contribution in [0.5, 0.6) is 5.75 Å². The fourth-order valence-electron chi connectivity index (χ4n) is 5.27. The first kappa shape index (κ1) is 29.9. The van der Waals surface area contributed by atoms with Crippen LogP contribution in [0.15, 0.2) is 84.4 Å². The van der Waals surface area contributed by atoms with Crippen LogP contribution >= 0.6 is 0 Å². The van der Waals surface area contributed by atoms with Gasteiger partial charge in [-0.15, -0.1) is 0 Å². The first-order valence-electron chi connectivity index (χ1n) is 14.7. The first-order chi connectivity index (χ1) is 19.9. The van der Waals surface area contributed by atoms with Gasteiger partial charge in [0.25, 0.3) is 0 Å². The van der Waals surface area contributed by atoms with Crippen LogP contribution in [0.2, 0.25) is 0 Å². The summed E-state index contributed by atoms with van der Waals surface area (Å²) in [4.78, 5) is 18.6. The number of carboxylic acids is 1. The van der Waals surface area contributed by atoms with Crippen LogP contribution < -0.4 is 9.64 Å². The number of aliphatic imine (C=N–C) groups is 1. The number of carbonyl (C=O) groups is 1. The minimum absolute atomic E-state index is 0.184. The molecular weight excluding hydrogens is 508 g/mol. The summed E-state index contributed by atoms with van der Waals surface area (Å²) < 4.78 is 5.95. The highest BCUT2D eigenvalue weighted by atomic mass is 16.5. The van der Waals surface area contributed by atoms with Gasteiger partial charge in [-0.1, -0.05) is 82.0 Å². The van der Waals surface area contributed by atoms with Crippen molar-refractivity contribution in [1.29, 1.82) is 0 Å². The topological polar surface area (TPSA) is 62.1 Å². The van der Waals surface area contributed by atoms with E-state index >= 15 is 0 Å². The Morgan fingerprint density at radius 1 is 1.02 bits per heavy atom. The molecule has 1 atom stereocenters. The molecule has 1 unspecified atom stereocenters. The third kappa shape index (κ3) is 7.35. The molecule has 5 heteroatoms. The van der Waals surface area contributed by atoms with E-state index in [1.165, 1.54) is 35.7 Å². The lowest BCUT2D eigenvalue weighted by Crippen LogP contribution is -2.32. The maximum atomic E-state index is 11.4. The highest BCUT2D eigenvalue weighted by molar-refractivity contribution is 5.97. The monoisotopic (exact) mass is 550 g/mol. The average Bonchev–Trinajstić information content (AvgIpc) is 3.48. The van der Waals surface area contributed by atoms with Crippen molar-refractivity contribution in [2.24, 2.45) is 4.99 Å². The molecule has 214 valence electrons. The normalized spacial score (nSPS) is 13.5. The Kier molecular flexibility index (Phi) is 10.2. The molecule has 0 bridgehead atoms. The summed E-state index contributed by atoms with van der Waals surface area (Å²) in [5, 5.41) is 9.31. The lowest BCUT2D eigenvalue weighted by Gasteiger charge is -2.31. The van der Waals surface area contributed by atoms with Crippen molar-refractivity contribution in [1.82, 2.24) is 0 Å². The SMILES string of the molecule is C=Cc1ccc(C(=O)O)cc1OCC1=NC(c2ccc(CN(c3ccc(C(CC)CC)cc3)C(C)CC)cc2)=CC1. The molecule has 0 radical (unpaired) electrons. The van der Waals surface area contributed by atoms with E-state index < -0.39 is 5.97 Å². The summed E-state index contributed by atoms with van der Waals surface area (Å²) in [5.41, 5.74) is 7.81. The van der Waals surface area contributed by atoms with Crippen LogP contribution in [0.1, 0.15) is 91.9 Å². The smallest absolute Gasteiger partial charge is 0.335 e. The van der Waals surface area contributed by atoms with Gasteiger partial charge in [0.05, 0.1) is 17.0 Å². The van der Waals surface area contributed by atoms with E-state index in [9.17, 15) is 9.90 Å². The summed E-state index contributed by atoms with van der Waals surface area (Å²) in [7, 11) is 0. The largest absolute Gasteiger partial charge is 0.487 e. The van der Waals surface area contributed by atoms with Crippen LogP contribution in [0, 0.1) is 0 Å². The van der Waals surface area contributed by atoms with Crippen molar-refractivity contribution in [3.8, 4) is 5.75 Å². The van der Waals surface area contributed by atoms with Crippen molar-refractivity contribution >= 4 is 29.1 Å². The fraction of sp³-hybridized carbons (Fsp3) is 0.333. The Morgan fingerprint density at radius 3 is 2.34 bits per heavy atom. The Balaban J connectivity index is 1.42. The van der Waals surface area contributed by atoms with Crippen molar-refractivity contribution in [3.05, 3.63) is 107 Å². The predicted octanol–water partition coefficient (Wildman–Crippen LogP) is 9.00. The van der Waals surface area contributed by atoms with Gasteiger partial charge in [-0.3, -0.25) is 4.99 Å². The quantitative estimate of drug-likeness (QED) is 0.218. The summed E-state index contributed by atoms with van der Waals surface area (Å²) >= 11 is 0. The van der Waals surface area contributed by atoms with Crippen LogP contribution in [0.3, 0.4) is 0 Å². The van der Waals surface area contributed by atoms with E-state index in [4.69, 9.17) is 9.73 Å². The number of benzene rings is 3. The minimum atomic E-state index is -0.988. The molecule has 4 rings (SSSR count). The molecule has 0 saturated heterocycles. The lowest BCUT2D eigenvalue weighted by atomic mass is 9.94. The standard InChI is InChI=1S/C36H42N2O3/c1-6-25(5)38(33-19-16-29(17-20-33)27(7-2)8-3)23-26-10-12-30(13-11-26)34-21-18-32(37-34)24-41-35-22-31(36(39)40)15-14-28(35)9-4/h9-17,19-22,25,27H,4,6-8,18,23-24H2,1-3,5H3,(H,39,40). The molecule has 3 aromatic carbocycles. The number of hydrogen-bond donors (Lipinski definition) is 1. The molecule has 1 N–H and O–H groups in total. The number of nitrogens with zero attached hydrogens (tertiary/aromatic N) is 2. The van der Waals surface area contributed by atoms with Gasteiger partial charge in [-0.25, -0.2) is 4.79 Å². The van der Waals surface area contributed by atoms with Gasteiger partial charge in [0.15, 0.2) is 0 Å². The Hall–Kier alpha value is -4.12. The van der Waals surface area contributed by atoms with E-state index in [0.29, 0.717) is 30.7 Å². The van der Waals surface area contributed by atoms with Crippen LogP contribution in [-0.2, 0) is 6.54 Å². The third-order valence-corrected chi connectivity index (χ3v) is 8.09. The van der Waals surface area contributed by atoms with E-state index in [0.717, 1.165) is 35.5 Å². The highest BCUT2D eigenvalue weighted by Crippen LogP contribution is 2.29. The van der Waals surface area contributed by atoms with Crippen LogP contribution in [0.4, 0.5) is 5.69 Å². The van der Waals surface area contributed by atoms with Gasteiger partial charge in [0.2, 0.25) is 0 Å². The number of hydrogen-bond acceptors (Lipinski definition) is 4. The maximum absolute atomic E-state index is 11.4. The lowest BCUT2D eigenvalue weighted by molar-refractivity contribution is 0.0696. The molecule has 0 aliphatic carbocycles. The van der Waals surface area contributed by atoms with E-state index in [2.05, 4.69) is 93.8 Å². The van der Waals surface area contributed by atoms with Crippen LogP contribution in [-0.4, -0.2) is 29.4 Å². The summed E-state index contributed by atoms with van der Waals surface area (Å²) in [6.45, 7) is 14.0.